The quantitative estimate of drug-likeness (QED) is 0.786. The molecular formula is C17H20O2S. The summed E-state index contributed by atoms with van der Waals surface area (Å²) in [6.07, 6.45) is 5.61. The fourth-order valence-electron chi connectivity index (χ4n) is 2.60. The average Bonchev–Trinajstić information content (AvgIpc) is 2.91. The molecule has 0 saturated carbocycles. The van der Waals surface area contributed by atoms with Crippen molar-refractivity contribution < 1.29 is 9.53 Å². The Kier molecular flexibility index (Phi) is 5.07. The maximum atomic E-state index is 11.4. The number of allylic oxidation sites excluding steroid dienone is 2. The molecule has 20 heavy (non-hydrogen) atoms. The van der Waals surface area contributed by atoms with Gasteiger partial charge in [0.1, 0.15) is 5.75 Å². The van der Waals surface area contributed by atoms with Gasteiger partial charge in [-0.15, -0.1) is 0 Å². The van der Waals surface area contributed by atoms with Crippen LogP contribution in [0.2, 0.25) is 0 Å². The van der Waals surface area contributed by atoms with E-state index in [0.29, 0.717) is 5.92 Å². The third-order valence-corrected chi connectivity index (χ3v) is 4.58. The Bertz CT molecular complexity index is 541. The molecular weight excluding hydrogens is 268 g/mol. The lowest BCUT2D eigenvalue weighted by Crippen LogP contribution is -2.03. The minimum absolute atomic E-state index is 0.135. The molecule has 2 rings (SSSR count). The van der Waals surface area contributed by atoms with Crippen LogP contribution >= 0.6 is 11.8 Å². The second-order valence-electron chi connectivity index (χ2n) is 4.73. The molecule has 0 unspecified atom stereocenters. The summed E-state index contributed by atoms with van der Waals surface area (Å²) in [4.78, 5) is 12.6. The molecule has 0 aromatic heterocycles. The molecule has 1 aliphatic heterocycles. The van der Waals surface area contributed by atoms with Crippen LogP contribution in [0.3, 0.4) is 0 Å². The van der Waals surface area contributed by atoms with E-state index >= 15 is 0 Å². The van der Waals surface area contributed by atoms with Gasteiger partial charge in [0.2, 0.25) is 5.12 Å². The van der Waals surface area contributed by atoms with Gasteiger partial charge in [-0.05, 0) is 60.0 Å². The van der Waals surface area contributed by atoms with Crippen molar-refractivity contribution in [2.24, 2.45) is 0 Å². The van der Waals surface area contributed by atoms with E-state index in [9.17, 15) is 4.79 Å². The summed E-state index contributed by atoms with van der Waals surface area (Å²) in [5, 5.41) is 0.135. The number of thioether (sulfide) groups is 1. The van der Waals surface area contributed by atoms with Crippen LogP contribution in [0.15, 0.2) is 46.9 Å². The van der Waals surface area contributed by atoms with Crippen LogP contribution in [0.4, 0.5) is 0 Å². The Hall–Kier alpha value is -1.48. The van der Waals surface area contributed by atoms with Gasteiger partial charge in [0.25, 0.3) is 0 Å². The molecule has 1 aliphatic rings. The van der Waals surface area contributed by atoms with Crippen molar-refractivity contribution in [1.29, 1.82) is 0 Å². The van der Waals surface area contributed by atoms with Crippen LogP contribution in [0.5, 0.6) is 5.75 Å². The fourth-order valence-corrected chi connectivity index (χ4v) is 3.51. The Morgan fingerprint density at radius 1 is 1.20 bits per heavy atom. The number of hydrogen-bond donors (Lipinski definition) is 0. The number of methoxy groups -OCH3 is 1. The lowest BCUT2D eigenvalue weighted by atomic mass is 9.87. The summed E-state index contributed by atoms with van der Waals surface area (Å²) in [5.74, 6) is 1.24. The Morgan fingerprint density at radius 3 is 2.35 bits per heavy atom. The first-order valence-corrected chi connectivity index (χ1v) is 7.78. The SMILES string of the molecule is CC/C(=C1\C=CC(=O)S1)[C@@H](CC)c1ccc(OC)cc1. The van der Waals surface area contributed by atoms with Gasteiger partial charge in [0.15, 0.2) is 0 Å². The highest BCUT2D eigenvalue weighted by Gasteiger charge is 2.20. The number of rotatable bonds is 5. The summed E-state index contributed by atoms with van der Waals surface area (Å²) < 4.78 is 5.21. The molecule has 0 radical (unpaired) electrons. The molecule has 2 nitrogen and oxygen atoms in total. The van der Waals surface area contributed by atoms with Crippen molar-refractivity contribution in [3.63, 3.8) is 0 Å². The zero-order valence-corrected chi connectivity index (χ0v) is 13.0. The van der Waals surface area contributed by atoms with Gasteiger partial charge in [-0.1, -0.05) is 26.0 Å². The molecule has 106 valence electrons. The first kappa shape index (κ1) is 14.9. The molecule has 0 aliphatic carbocycles. The predicted molar refractivity (Wildman–Crippen MR) is 85.1 cm³/mol. The number of carbonyl (C=O) groups is 1. The maximum absolute atomic E-state index is 11.4. The first-order chi connectivity index (χ1) is 9.69. The van der Waals surface area contributed by atoms with E-state index in [1.165, 1.54) is 22.9 Å². The number of hydrogen-bond acceptors (Lipinski definition) is 3. The summed E-state index contributed by atoms with van der Waals surface area (Å²) in [6.45, 7) is 4.35. The van der Waals surface area contributed by atoms with Gasteiger partial charge in [0, 0.05) is 10.8 Å². The maximum Gasteiger partial charge on any atom is 0.216 e. The Labute approximate surface area is 124 Å². The average molecular weight is 288 g/mol. The van der Waals surface area contributed by atoms with Gasteiger partial charge in [-0.3, -0.25) is 4.79 Å². The van der Waals surface area contributed by atoms with Crippen molar-refractivity contribution >= 4 is 16.9 Å². The first-order valence-electron chi connectivity index (χ1n) is 6.96. The molecule has 1 aromatic carbocycles. The van der Waals surface area contributed by atoms with E-state index in [0.717, 1.165) is 23.5 Å². The Balaban J connectivity index is 2.34. The largest absolute Gasteiger partial charge is 0.497 e. The fraction of sp³-hybridized carbons (Fsp3) is 0.353. The van der Waals surface area contributed by atoms with Gasteiger partial charge in [0.05, 0.1) is 7.11 Å². The summed E-state index contributed by atoms with van der Waals surface area (Å²) in [7, 11) is 1.68. The van der Waals surface area contributed by atoms with Gasteiger partial charge >= 0.3 is 0 Å². The van der Waals surface area contributed by atoms with E-state index < -0.39 is 0 Å². The van der Waals surface area contributed by atoms with Crippen LogP contribution in [-0.4, -0.2) is 12.2 Å². The van der Waals surface area contributed by atoms with Crippen molar-refractivity contribution in [2.45, 2.75) is 32.6 Å². The summed E-state index contributed by atoms with van der Waals surface area (Å²) >= 11 is 1.35. The monoisotopic (exact) mass is 288 g/mol. The third kappa shape index (κ3) is 3.15. The normalized spacial score (nSPS) is 18.2. The zero-order chi connectivity index (χ0) is 14.5. The molecule has 1 aromatic rings. The molecule has 1 atom stereocenters. The van der Waals surface area contributed by atoms with Gasteiger partial charge in [-0.2, -0.15) is 0 Å². The van der Waals surface area contributed by atoms with E-state index in [1.54, 1.807) is 13.2 Å². The lowest BCUT2D eigenvalue weighted by Gasteiger charge is -2.20. The highest BCUT2D eigenvalue weighted by Crippen LogP contribution is 2.39. The number of ether oxygens (including phenoxy) is 1. The standard InChI is InChI=1S/C17H20O2S/c1-4-14(12-6-8-13(19-3)9-7-12)15(5-2)16-10-11-17(18)20-16/h6-11,14H,4-5H2,1-3H3/b16-15-/t14-/m0/s1. The molecule has 0 spiro atoms. The minimum Gasteiger partial charge on any atom is -0.497 e. The van der Waals surface area contributed by atoms with Gasteiger partial charge < -0.3 is 4.74 Å². The second kappa shape index (κ2) is 6.80. The molecule has 0 amide bonds. The topological polar surface area (TPSA) is 26.3 Å². The lowest BCUT2D eigenvalue weighted by molar-refractivity contribution is -0.106. The molecule has 0 N–H and O–H groups in total. The Morgan fingerprint density at radius 2 is 1.90 bits per heavy atom. The van der Waals surface area contributed by atoms with Crippen molar-refractivity contribution in [2.75, 3.05) is 7.11 Å². The van der Waals surface area contributed by atoms with E-state index in [1.807, 2.05) is 18.2 Å². The molecule has 3 heteroatoms. The smallest absolute Gasteiger partial charge is 0.216 e. The van der Waals surface area contributed by atoms with Crippen molar-refractivity contribution in [3.8, 4) is 5.75 Å². The third-order valence-electron chi connectivity index (χ3n) is 3.63. The van der Waals surface area contributed by atoms with Crippen LogP contribution in [0, 0.1) is 0 Å². The van der Waals surface area contributed by atoms with E-state index in [2.05, 4.69) is 26.0 Å². The van der Waals surface area contributed by atoms with E-state index in [-0.39, 0.29) is 5.12 Å². The number of benzene rings is 1. The molecule has 1 heterocycles. The van der Waals surface area contributed by atoms with Crippen LogP contribution in [-0.2, 0) is 4.79 Å². The molecule has 0 bridgehead atoms. The van der Waals surface area contributed by atoms with Gasteiger partial charge in [-0.25, -0.2) is 0 Å². The highest BCUT2D eigenvalue weighted by molar-refractivity contribution is 8.17. The van der Waals surface area contributed by atoms with Crippen molar-refractivity contribution in [1.82, 2.24) is 0 Å². The van der Waals surface area contributed by atoms with Crippen LogP contribution in [0.25, 0.3) is 0 Å². The van der Waals surface area contributed by atoms with E-state index in [4.69, 9.17) is 4.74 Å². The summed E-state index contributed by atoms with van der Waals surface area (Å²) in [6, 6.07) is 8.24. The molecule has 0 fully saturated rings. The highest BCUT2D eigenvalue weighted by atomic mass is 32.2. The molecule has 0 saturated heterocycles. The summed E-state index contributed by atoms with van der Waals surface area (Å²) in [5.41, 5.74) is 2.63. The number of carbonyl (C=O) groups excluding carboxylic acids is 1. The van der Waals surface area contributed by atoms with Crippen LogP contribution in [0.1, 0.15) is 38.2 Å². The minimum atomic E-state index is 0.135. The second-order valence-corrected chi connectivity index (χ2v) is 5.78. The van der Waals surface area contributed by atoms with Crippen molar-refractivity contribution in [3.05, 3.63) is 52.5 Å². The predicted octanol–water partition coefficient (Wildman–Crippen LogP) is 4.68. The zero-order valence-electron chi connectivity index (χ0n) is 12.2. The van der Waals surface area contributed by atoms with Crippen LogP contribution < -0.4 is 4.74 Å².